The van der Waals surface area contributed by atoms with E-state index in [9.17, 15) is 0 Å². The predicted octanol–water partition coefficient (Wildman–Crippen LogP) is 3.44. The van der Waals surface area contributed by atoms with Gasteiger partial charge in [0.05, 0.1) is 0 Å². The summed E-state index contributed by atoms with van der Waals surface area (Å²) < 4.78 is 1.08. The SMILES string of the molecule is OCCCc1cnccc1-c1ccc(Br)cc1. The molecule has 1 aromatic carbocycles. The van der Waals surface area contributed by atoms with Gasteiger partial charge in [0.1, 0.15) is 0 Å². The molecule has 0 saturated carbocycles. The van der Waals surface area contributed by atoms with Crippen molar-refractivity contribution in [3.8, 4) is 11.1 Å². The van der Waals surface area contributed by atoms with Crippen LogP contribution in [-0.4, -0.2) is 16.7 Å². The van der Waals surface area contributed by atoms with Crippen molar-refractivity contribution >= 4 is 15.9 Å². The third-order valence-corrected chi connectivity index (χ3v) is 3.19. The van der Waals surface area contributed by atoms with Crippen LogP contribution in [0.15, 0.2) is 47.2 Å². The maximum Gasteiger partial charge on any atom is 0.0434 e. The molecule has 0 fully saturated rings. The van der Waals surface area contributed by atoms with E-state index in [-0.39, 0.29) is 6.61 Å². The highest BCUT2D eigenvalue weighted by molar-refractivity contribution is 9.10. The topological polar surface area (TPSA) is 33.1 Å². The minimum absolute atomic E-state index is 0.217. The highest BCUT2D eigenvalue weighted by atomic mass is 79.9. The Labute approximate surface area is 109 Å². The van der Waals surface area contributed by atoms with Crippen LogP contribution in [0.25, 0.3) is 11.1 Å². The molecule has 1 aromatic heterocycles. The molecule has 17 heavy (non-hydrogen) atoms. The Hall–Kier alpha value is -1.19. The van der Waals surface area contributed by atoms with Gasteiger partial charge in [-0.15, -0.1) is 0 Å². The number of hydrogen-bond acceptors (Lipinski definition) is 2. The molecule has 1 heterocycles. The first kappa shape index (κ1) is 12.3. The van der Waals surface area contributed by atoms with E-state index >= 15 is 0 Å². The van der Waals surface area contributed by atoms with Gasteiger partial charge in [0.2, 0.25) is 0 Å². The number of pyridine rings is 1. The number of aryl methyl sites for hydroxylation is 1. The molecule has 0 amide bonds. The monoisotopic (exact) mass is 291 g/mol. The molecule has 0 aliphatic carbocycles. The summed E-state index contributed by atoms with van der Waals surface area (Å²) in [5.41, 5.74) is 3.56. The van der Waals surface area contributed by atoms with E-state index in [2.05, 4.69) is 33.0 Å². The Balaban J connectivity index is 2.33. The van der Waals surface area contributed by atoms with E-state index in [1.54, 1.807) is 6.20 Å². The summed E-state index contributed by atoms with van der Waals surface area (Å²) in [6.07, 6.45) is 5.32. The zero-order chi connectivity index (χ0) is 12.1. The fraction of sp³-hybridized carbons (Fsp3) is 0.214. The van der Waals surface area contributed by atoms with E-state index in [1.165, 1.54) is 16.7 Å². The summed E-state index contributed by atoms with van der Waals surface area (Å²) in [5.74, 6) is 0. The molecule has 0 aliphatic rings. The molecular formula is C14H14BrNO. The number of aliphatic hydroxyl groups excluding tert-OH is 1. The van der Waals surface area contributed by atoms with E-state index < -0.39 is 0 Å². The average molecular weight is 292 g/mol. The van der Waals surface area contributed by atoms with Gasteiger partial charge in [-0.2, -0.15) is 0 Å². The molecule has 0 bridgehead atoms. The highest BCUT2D eigenvalue weighted by Gasteiger charge is 2.04. The van der Waals surface area contributed by atoms with E-state index in [0.717, 1.165) is 17.3 Å². The van der Waals surface area contributed by atoms with Gasteiger partial charge in [-0.1, -0.05) is 28.1 Å². The van der Waals surface area contributed by atoms with Crippen molar-refractivity contribution < 1.29 is 5.11 Å². The first-order valence-electron chi connectivity index (χ1n) is 5.61. The molecule has 2 aromatic rings. The van der Waals surface area contributed by atoms with E-state index in [0.29, 0.717) is 0 Å². The molecule has 0 aliphatic heterocycles. The minimum Gasteiger partial charge on any atom is -0.396 e. The predicted molar refractivity (Wildman–Crippen MR) is 72.8 cm³/mol. The summed E-state index contributed by atoms with van der Waals surface area (Å²) in [6.45, 7) is 0.217. The van der Waals surface area contributed by atoms with Gasteiger partial charge >= 0.3 is 0 Å². The Morgan fingerprint density at radius 1 is 1.12 bits per heavy atom. The lowest BCUT2D eigenvalue weighted by Gasteiger charge is -2.08. The van der Waals surface area contributed by atoms with Crippen molar-refractivity contribution in [2.24, 2.45) is 0 Å². The molecule has 0 spiro atoms. The van der Waals surface area contributed by atoms with E-state index in [4.69, 9.17) is 5.11 Å². The maximum absolute atomic E-state index is 8.90. The van der Waals surface area contributed by atoms with Crippen LogP contribution in [0.5, 0.6) is 0 Å². The Morgan fingerprint density at radius 2 is 1.88 bits per heavy atom. The lowest BCUT2D eigenvalue weighted by molar-refractivity contribution is 0.288. The summed E-state index contributed by atoms with van der Waals surface area (Å²) in [4.78, 5) is 4.15. The third-order valence-electron chi connectivity index (χ3n) is 2.66. The lowest BCUT2D eigenvalue weighted by Crippen LogP contribution is -1.94. The number of hydrogen-bond donors (Lipinski definition) is 1. The fourth-order valence-electron chi connectivity index (χ4n) is 1.81. The number of aliphatic hydroxyl groups is 1. The van der Waals surface area contributed by atoms with Crippen LogP contribution < -0.4 is 0 Å². The molecule has 2 rings (SSSR count). The Morgan fingerprint density at radius 3 is 2.59 bits per heavy atom. The van der Waals surface area contributed by atoms with Gasteiger partial charge in [-0.05, 0) is 47.7 Å². The maximum atomic E-state index is 8.90. The van der Waals surface area contributed by atoms with Crippen LogP contribution in [0.3, 0.4) is 0 Å². The molecule has 88 valence electrons. The molecule has 0 radical (unpaired) electrons. The zero-order valence-electron chi connectivity index (χ0n) is 9.44. The summed E-state index contributed by atoms with van der Waals surface area (Å²) in [6, 6.07) is 10.3. The Bertz CT molecular complexity index is 482. The number of rotatable bonds is 4. The average Bonchev–Trinajstić information content (AvgIpc) is 2.38. The van der Waals surface area contributed by atoms with Crippen molar-refractivity contribution in [1.82, 2.24) is 4.98 Å². The van der Waals surface area contributed by atoms with Crippen LogP contribution in [0.4, 0.5) is 0 Å². The van der Waals surface area contributed by atoms with Crippen molar-refractivity contribution in [1.29, 1.82) is 0 Å². The minimum atomic E-state index is 0.217. The van der Waals surface area contributed by atoms with Crippen molar-refractivity contribution in [3.63, 3.8) is 0 Å². The number of aromatic nitrogens is 1. The second kappa shape index (κ2) is 5.94. The second-order valence-electron chi connectivity index (χ2n) is 3.87. The van der Waals surface area contributed by atoms with Gasteiger partial charge in [0, 0.05) is 23.5 Å². The van der Waals surface area contributed by atoms with Gasteiger partial charge < -0.3 is 5.11 Å². The fourth-order valence-corrected chi connectivity index (χ4v) is 2.07. The van der Waals surface area contributed by atoms with E-state index in [1.807, 2.05) is 24.4 Å². The Kier molecular flexibility index (Phi) is 4.29. The standard InChI is InChI=1S/C14H14BrNO/c15-13-5-3-11(4-6-13)14-7-8-16-10-12(14)2-1-9-17/h3-8,10,17H,1-2,9H2. The van der Waals surface area contributed by atoms with Crippen LogP contribution >= 0.6 is 15.9 Å². The summed E-state index contributed by atoms with van der Waals surface area (Å²) in [5, 5.41) is 8.90. The molecule has 0 atom stereocenters. The normalized spacial score (nSPS) is 10.5. The molecule has 0 saturated heterocycles. The third kappa shape index (κ3) is 3.14. The number of nitrogens with zero attached hydrogens (tertiary/aromatic N) is 1. The summed E-state index contributed by atoms with van der Waals surface area (Å²) in [7, 11) is 0. The van der Waals surface area contributed by atoms with Crippen LogP contribution in [0.1, 0.15) is 12.0 Å². The molecule has 0 unspecified atom stereocenters. The molecular weight excluding hydrogens is 278 g/mol. The molecule has 1 N–H and O–H groups in total. The quantitative estimate of drug-likeness (QED) is 0.936. The van der Waals surface area contributed by atoms with Crippen molar-refractivity contribution in [3.05, 3.63) is 52.8 Å². The van der Waals surface area contributed by atoms with Crippen LogP contribution in [0, 0.1) is 0 Å². The lowest BCUT2D eigenvalue weighted by atomic mass is 9.99. The molecule has 3 heteroatoms. The van der Waals surface area contributed by atoms with Gasteiger partial charge in [-0.3, -0.25) is 4.98 Å². The van der Waals surface area contributed by atoms with Crippen LogP contribution in [0.2, 0.25) is 0 Å². The molecule has 2 nitrogen and oxygen atoms in total. The number of halogens is 1. The summed E-state index contributed by atoms with van der Waals surface area (Å²) >= 11 is 3.43. The van der Waals surface area contributed by atoms with Crippen LogP contribution in [-0.2, 0) is 6.42 Å². The second-order valence-corrected chi connectivity index (χ2v) is 4.78. The highest BCUT2D eigenvalue weighted by Crippen LogP contribution is 2.25. The first-order chi connectivity index (χ1) is 8.31. The van der Waals surface area contributed by atoms with Gasteiger partial charge in [-0.25, -0.2) is 0 Å². The van der Waals surface area contributed by atoms with Gasteiger partial charge in [0.15, 0.2) is 0 Å². The van der Waals surface area contributed by atoms with Gasteiger partial charge in [0.25, 0.3) is 0 Å². The number of benzene rings is 1. The first-order valence-corrected chi connectivity index (χ1v) is 6.40. The van der Waals surface area contributed by atoms with Crippen molar-refractivity contribution in [2.45, 2.75) is 12.8 Å². The smallest absolute Gasteiger partial charge is 0.0434 e. The zero-order valence-corrected chi connectivity index (χ0v) is 11.0. The van der Waals surface area contributed by atoms with Crippen molar-refractivity contribution in [2.75, 3.05) is 6.61 Å². The largest absolute Gasteiger partial charge is 0.396 e.